The molecule has 0 aliphatic carbocycles. The number of benzene rings is 3. The summed E-state index contributed by atoms with van der Waals surface area (Å²) in [6.07, 6.45) is 2.05. The third-order valence-electron chi connectivity index (χ3n) is 6.55. The van der Waals surface area contributed by atoms with Crippen LogP contribution in [0.2, 0.25) is 0 Å². The van der Waals surface area contributed by atoms with Gasteiger partial charge in [0.1, 0.15) is 17.6 Å². The SMILES string of the molecule is CCCCNC(=O)[C@H](Cc1ccccc1)N(Cc1ccccc1F)C(=O)COc1ccc(C(C)(C)C)cc1Br. The molecule has 0 saturated heterocycles. The lowest BCUT2D eigenvalue weighted by atomic mass is 9.87. The van der Waals surface area contributed by atoms with Crippen molar-refractivity contribution in [2.75, 3.05) is 13.2 Å². The predicted octanol–water partition coefficient (Wildman–Crippen LogP) is 6.82. The standard InChI is InChI=1S/C32H38BrFN2O3/c1-5-6-18-35-31(38)28(19-23-12-8-7-9-13-23)36(21-24-14-10-11-15-27(24)34)30(37)22-39-29-17-16-25(20-26(29)33)32(2,3)4/h7-17,20,28H,5-6,18-19,21-22H2,1-4H3,(H,35,38)/t28-/m0/s1. The van der Waals surface area contributed by atoms with Crippen LogP contribution in [-0.2, 0) is 28.0 Å². The van der Waals surface area contributed by atoms with Crippen LogP contribution in [0, 0.1) is 5.82 Å². The first-order valence-electron chi connectivity index (χ1n) is 13.4. The summed E-state index contributed by atoms with van der Waals surface area (Å²) in [5, 5.41) is 2.97. The van der Waals surface area contributed by atoms with Crippen molar-refractivity contribution in [3.8, 4) is 5.75 Å². The smallest absolute Gasteiger partial charge is 0.261 e. The number of nitrogens with one attached hydrogen (secondary N) is 1. The van der Waals surface area contributed by atoms with Crippen LogP contribution in [0.1, 0.15) is 57.2 Å². The van der Waals surface area contributed by atoms with Gasteiger partial charge >= 0.3 is 0 Å². The van der Waals surface area contributed by atoms with Gasteiger partial charge in [0.2, 0.25) is 5.91 Å². The molecule has 0 fully saturated rings. The van der Waals surface area contributed by atoms with E-state index in [1.165, 1.54) is 11.0 Å². The molecule has 0 heterocycles. The van der Waals surface area contributed by atoms with E-state index in [0.717, 1.165) is 28.4 Å². The van der Waals surface area contributed by atoms with Crippen molar-refractivity contribution >= 4 is 27.7 Å². The average molecular weight is 598 g/mol. The largest absolute Gasteiger partial charge is 0.483 e. The highest BCUT2D eigenvalue weighted by molar-refractivity contribution is 9.10. The van der Waals surface area contributed by atoms with Crippen LogP contribution in [0.4, 0.5) is 4.39 Å². The molecule has 39 heavy (non-hydrogen) atoms. The number of carbonyl (C=O) groups is 2. The van der Waals surface area contributed by atoms with E-state index in [9.17, 15) is 14.0 Å². The third-order valence-corrected chi connectivity index (χ3v) is 7.17. The Morgan fingerprint density at radius 1 is 1.03 bits per heavy atom. The van der Waals surface area contributed by atoms with Gasteiger partial charge in [0.05, 0.1) is 4.47 Å². The van der Waals surface area contributed by atoms with E-state index in [1.54, 1.807) is 18.2 Å². The molecule has 5 nitrogen and oxygen atoms in total. The van der Waals surface area contributed by atoms with Crippen molar-refractivity contribution in [3.05, 3.63) is 99.8 Å². The second kappa shape index (κ2) is 14.3. The van der Waals surface area contributed by atoms with Gasteiger partial charge in [0.15, 0.2) is 6.61 Å². The van der Waals surface area contributed by atoms with E-state index in [0.29, 0.717) is 24.3 Å². The molecule has 0 aromatic heterocycles. The van der Waals surface area contributed by atoms with Gasteiger partial charge in [0.25, 0.3) is 5.91 Å². The van der Waals surface area contributed by atoms with E-state index in [2.05, 4.69) is 42.0 Å². The lowest BCUT2D eigenvalue weighted by Gasteiger charge is -2.31. The molecule has 3 aromatic carbocycles. The topological polar surface area (TPSA) is 58.6 Å². The number of hydrogen-bond acceptors (Lipinski definition) is 3. The Morgan fingerprint density at radius 2 is 1.72 bits per heavy atom. The summed E-state index contributed by atoms with van der Waals surface area (Å²) >= 11 is 3.56. The Balaban J connectivity index is 1.90. The third kappa shape index (κ3) is 8.92. The Kier molecular flexibility index (Phi) is 11.1. The number of amides is 2. The Labute approximate surface area is 239 Å². The van der Waals surface area contributed by atoms with E-state index >= 15 is 0 Å². The van der Waals surface area contributed by atoms with Crippen molar-refractivity contribution < 1.29 is 18.7 Å². The monoisotopic (exact) mass is 596 g/mol. The average Bonchev–Trinajstić information content (AvgIpc) is 2.91. The lowest BCUT2D eigenvalue weighted by molar-refractivity contribution is -0.142. The fourth-order valence-corrected chi connectivity index (χ4v) is 4.67. The second-order valence-electron chi connectivity index (χ2n) is 10.6. The van der Waals surface area contributed by atoms with Gasteiger partial charge < -0.3 is 15.0 Å². The van der Waals surface area contributed by atoms with E-state index in [4.69, 9.17) is 4.74 Å². The molecule has 2 amide bonds. The lowest BCUT2D eigenvalue weighted by Crippen LogP contribution is -2.52. The zero-order valence-corrected chi connectivity index (χ0v) is 24.8. The molecule has 0 aliphatic heterocycles. The summed E-state index contributed by atoms with van der Waals surface area (Å²) in [6, 6.07) is 20.8. The Hall–Kier alpha value is -3.19. The number of unbranched alkanes of at least 4 members (excludes halogenated alkanes) is 1. The number of rotatable bonds is 12. The number of halogens is 2. The Bertz CT molecular complexity index is 1240. The molecule has 0 aliphatic rings. The van der Waals surface area contributed by atoms with Crippen LogP contribution < -0.4 is 10.1 Å². The molecule has 3 rings (SSSR count). The molecule has 1 atom stereocenters. The fourth-order valence-electron chi connectivity index (χ4n) is 4.18. The maximum absolute atomic E-state index is 14.7. The Morgan fingerprint density at radius 3 is 2.36 bits per heavy atom. The maximum Gasteiger partial charge on any atom is 0.261 e. The predicted molar refractivity (Wildman–Crippen MR) is 157 cm³/mol. The van der Waals surface area contributed by atoms with Crippen molar-refractivity contribution in [1.82, 2.24) is 10.2 Å². The van der Waals surface area contributed by atoms with Crippen molar-refractivity contribution in [3.63, 3.8) is 0 Å². The molecule has 0 radical (unpaired) electrons. The molecular weight excluding hydrogens is 559 g/mol. The number of nitrogens with zero attached hydrogens (tertiary/aromatic N) is 1. The summed E-state index contributed by atoms with van der Waals surface area (Å²) in [5.41, 5.74) is 2.33. The van der Waals surface area contributed by atoms with Gasteiger partial charge in [-0.2, -0.15) is 0 Å². The van der Waals surface area contributed by atoms with E-state index in [-0.39, 0.29) is 24.5 Å². The van der Waals surface area contributed by atoms with Gasteiger partial charge in [-0.3, -0.25) is 9.59 Å². The highest BCUT2D eigenvalue weighted by Crippen LogP contribution is 2.31. The van der Waals surface area contributed by atoms with Gasteiger partial charge in [-0.25, -0.2) is 4.39 Å². The van der Waals surface area contributed by atoms with Crippen LogP contribution in [0.25, 0.3) is 0 Å². The van der Waals surface area contributed by atoms with Gasteiger partial charge in [-0.15, -0.1) is 0 Å². The summed E-state index contributed by atoms with van der Waals surface area (Å²) < 4.78 is 21.4. The minimum atomic E-state index is -0.841. The molecule has 0 unspecified atom stereocenters. The van der Waals surface area contributed by atoms with Crippen molar-refractivity contribution in [2.45, 2.75) is 65.0 Å². The first-order valence-corrected chi connectivity index (χ1v) is 14.2. The zero-order valence-electron chi connectivity index (χ0n) is 23.2. The molecular formula is C32H38BrFN2O3. The summed E-state index contributed by atoms with van der Waals surface area (Å²) in [4.78, 5) is 28.6. The van der Waals surface area contributed by atoms with Crippen LogP contribution in [0.15, 0.2) is 77.3 Å². The minimum Gasteiger partial charge on any atom is -0.483 e. The second-order valence-corrected chi connectivity index (χ2v) is 11.5. The van der Waals surface area contributed by atoms with E-state index in [1.807, 2.05) is 55.5 Å². The molecule has 0 spiro atoms. The minimum absolute atomic E-state index is 0.0385. The highest BCUT2D eigenvalue weighted by Gasteiger charge is 2.31. The van der Waals surface area contributed by atoms with Gasteiger partial charge in [-0.05, 0) is 57.1 Å². The molecule has 7 heteroatoms. The van der Waals surface area contributed by atoms with Crippen LogP contribution in [0.3, 0.4) is 0 Å². The molecule has 0 bridgehead atoms. The summed E-state index contributed by atoms with van der Waals surface area (Å²) in [6.45, 7) is 8.57. The maximum atomic E-state index is 14.7. The normalized spacial score (nSPS) is 12.1. The summed E-state index contributed by atoms with van der Waals surface area (Å²) in [5.74, 6) is -0.583. The number of carbonyl (C=O) groups excluding carboxylic acids is 2. The van der Waals surface area contributed by atoms with E-state index < -0.39 is 17.8 Å². The van der Waals surface area contributed by atoms with Crippen molar-refractivity contribution in [1.29, 1.82) is 0 Å². The zero-order chi connectivity index (χ0) is 28.4. The quantitative estimate of drug-likeness (QED) is 0.233. The number of hydrogen-bond donors (Lipinski definition) is 1. The van der Waals surface area contributed by atoms with Gasteiger partial charge in [0, 0.05) is 25.1 Å². The molecule has 208 valence electrons. The first kappa shape index (κ1) is 30.4. The first-order chi connectivity index (χ1) is 18.6. The number of ether oxygens (including phenoxy) is 1. The van der Waals surface area contributed by atoms with Crippen LogP contribution in [0.5, 0.6) is 5.75 Å². The summed E-state index contributed by atoms with van der Waals surface area (Å²) in [7, 11) is 0. The van der Waals surface area contributed by atoms with Crippen LogP contribution in [-0.4, -0.2) is 35.9 Å². The van der Waals surface area contributed by atoms with Gasteiger partial charge in [-0.1, -0.05) is 88.7 Å². The van der Waals surface area contributed by atoms with Crippen LogP contribution >= 0.6 is 15.9 Å². The highest BCUT2D eigenvalue weighted by atomic mass is 79.9. The van der Waals surface area contributed by atoms with Crippen molar-refractivity contribution in [2.24, 2.45) is 0 Å². The fraction of sp³-hybridized carbons (Fsp3) is 0.375. The molecule has 0 saturated carbocycles. The molecule has 3 aromatic rings. The molecule has 1 N–H and O–H groups in total.